The molecule has 6 rings (SSSR count). The van der Waals surface area contributed by atoms with Gasteiger partial charge in [-0.3, -0.25) is 14.9 Å². The fourth-order valence-corrected chi connectivity index (χ4v) is 5.08. The van der Waals surface area contributed by atoms with E-state index in [1.165, 1.54) is 24.0 Å². The number of ether oxygens (including phenoxy) is 1. The number of anilines is 2. The van der Waals surface area contributed by atoms with Crippen molar-refractivity contribution < 1.29 is 18.7 Å². The van der Waals surface area contributed by atoms with Crippen LogP contribution < -0.4 is 15.4 Å². The Labute approximate surface area is 227 Å². The summed E-state index contributed by atoms with van der Waals surface area (Å²) < 4.78 is 11.8. The molecule has 39 heavy (non-hydrogen) atoms. The van der Waals surface area contributed by atoms with Crippen molar-refractivity contribution in [2.45, 2.75) is 25.2 Å². The highest BCUT2D eigenvalue weighted by molar-refractivity contribution is 7.22. The standard InChI is InChI=1S/C29H21N5O4S/c1-17-5-6-20(12-23(17)32-26(35)18-3-2-4-19(11-18)29(15-30)9-10-29)38-21-7-8-22-25(13-21)39-28(33-22)34-27(36)24-14-37-16-31-24/h2-8,11-14,16H,9-10H2,1H3,(H,32,35)(H,33,34,36). The maximum absolute atomic E-state index is 13.0. The van der Waals surface area contributed by atoms with Crippen LogP contribution in [0.25, 0.3) is 10.2 Å². The van der Waals surface area contributed by atoms with Crippen LogP contribution in [0.4, 0.5) is 10.8 Å². The lowest BCUT2D eigenvalue weighted by Crippen LogP contribution is -2.14. The quantitative estimate of drug-likeness (QED) is 0.245. The van der Waals surface area contributed by atoms with Crippen LogP contribution in [0.15, 0.2) is 77.7 Å². The van der Waals surface area contributed by atoms with Crippen molar-refractivity contribution in [3.05, 3.63) is 95.7 Å². The Hall–Kier alpha value is -5.01. The first-order chi connectivity index (χ1) is 18.9. The van der Waals surface area contributed by atoms with E-state index in [9.17, 15) is 14.9 Å². The molecule has 0 saturated heterocycles. The van der Waals surface area contributed by atoms with Crippen molar-refractivity contribution in [2.24, 2.45) is 0 Å². The van der Waals surface area contributed by atoms with E-state index in [1.807, 2.05) is 43.3 Å². The predicted molar refractivity (Wildman–Crippen MR) is 146 cm³/mol. The van der Waals surface area contributed by atoms with E-state index >= 15 is 0 Å². The van der Waals surface area contributed by atoms with Gasteiger partial charge in [-0.25, -0.2) is 9.97 Å². The molecule has 2 N–H and O–H groups in total. The van der Waals surface area contributed by atoms with Gasteiger partial charge in [-0.2, -0.15) is 5.26 Å². The van der Waals surface area contributed by atoms with Gasteiger partial charge < -0.3 is 14.5 Å². The van der Waals surface area contributed by atoms with E-state index < -0.39 is 11.3 Å². The van der Waals surface area contributed by atoms with Crippen molar-refractivity contribution in [2.75, 3.05) is 10.6 Å². The van der Waals surface area contributed by atoms with Crippen molar-refractivity contribution >= 4 is 44.2 Å². The van der Waals surface area contributed by atoms with Gasteiger partial charge in [0.25, 0.3) is 11.8 Å². The van der Waals surface area contributed by atoms with Crippen LogP contribution in [0.5, 0.6) is 11.5 Å². The minimum atomic E-state index is -0.456. The lowest BCUT2D eigenvalue weighted by Gasteiger charge is -2.13. The number of aromatic nitrogens is 2. The van der Waals surface area contributed by atoms with Crippen LogP contribution in [0.1, 0.15) is 44.8 Å². The SMILES string of the molecule is Cc1ccc(Oc2ccc3nc(NC(=O)c4cocn4)sc3c2)cc1NC(=O)c1cccc(C2(C#N)CC2)c1. The van der Waals surface area contributed by atoms with E-state index in [2.05, 4.69) is 26.7 Å². The molecule has 1 aliphatic rings. The van der Waals surface area contributed by atoms with Gasteiger partial charge >= 0.3 is 0 Å². The van der Waals surface area contributed by atoms with Crippen LogP contribution in [0.3, 0.4) is 0 Å². The highest BCUT2D eigenvalue weighted by atomic mass is 32.1. The normalized spacial score (nSPS) is 13.4. The average Bonchev–Trinajstić information content (AvgIpc) is 3.34. The molecule has 2 heterocycles. The Morgan fingerprint density at radius 1 is 1.05 bits per heavy atom. The number of nitrogens with zero attached hydrogens (tertiary/aromatic N) is 3. The van der Waals surface area contributed by atoms with E-state index in [0.717, 1.165) is 28.7 Å². The highest BCUT2D eigenvalue weighted by Crippen LogP contribution is 2.47. The molecule has 0 atom stereocenters. The third kappa shape index (κ3) is 4.95. The smallest absolute Gasteiger partial charge is 0.279 e. The molecule has 192 valence electrons. The number of hydrogen-bond donors (Lipinski definition) is 2. The number of nitriles is 1. The first kappa shape index (κ1) is 24.3. The molecule has 10 heteroatoms. The fourth-order valence-electron chi connectivity index (χ4n) is 4.19. The summed E-state index contributed by atoms with van der Waals surface area (Å²) in [6.07, 6.45) is 4.09. The second-order valence-electron chi connectivity index (χ2n) is 9.28. The number of amides is 2. The molecule has 1 saturated carbocycles. The minimum Gasteiger partial charge on any atom is -0.457 e. The molecule has 5 aromatic rings. The zero-order valence-corrected chi connectivity index (χ0v) is 21.5. The van der Waals surface area contributed by atoms with Crippen LogP contribution in [-0.4, -0.2) is 21.8 Å². The summed E-state index contributed by atoms with van der Waals surface area (Å²) in [6.45, 7) is 1.91. The highest BCUT2D eigenvalue weighted by Gasteiger charge is 2.45. The summed E-state index contributed by atoms with van der Waals surface area (Å²) in [5, 5.41) is 15.6. The molecule has 9 nitrogen and oxygen atoms in total. The van der Waals surface area contributed by atoms with Crippen molar-refractivity contribution in [3.63, 3.8) is 0 Å². The van der Waals surface area contributed by atoms with Gasteiger partial charge in [-0.1, -0.05) is 29.5 Å². The summed E-state index contributed by atoms with van der Waals surface area (Å²) in [7, 11) is 0. The van der Waals surface area contributed by atoms with Crippen LogP contribution >= 0.6 is 11.3 Å². The first-order valence-electron chi connectivity index (χ1n) is 12.1. The number of oxazole rings is 1. The summed E-state index contributed by atoms with van der Waals surface area (Å²) in [5.74, 6) is 0.476. The van der Waals surface area contributed by atoms with Crippen molar-refractivity contribution in [3.8, 4) is 17.6 Å². The molecule has 0 unspecified atom stereocenters. The minimum absolute atomic E-state index is 0.169. The number of fused-ring (bicyclic) bond motifs is 1. The number of aryl methyl sites for hydroxylation is 1. The third-order valence-corrected chi connectivity index (χ3v) is 7.51. The second-order valence-corrected chi connectivity index (χ2v) is 10.3. The topological polar surface area (TPSA) is 130 Å². The van der Waals surface area contributed by atoms with Gasteiger partial charge in [0.1, 0.15) is 17.8 Å². The molecule has 3 aromatic carbocycles. The maximum atomic E-state index is 13.0. The van der Waals surface area contributed by atoms with Gasteiger partial charge in [0, 0.05) is 23.4 Å². The molecule has 2 amide bonds. The zero-order valence-electron chi connectivity index (χ0n) is 20.7. The summed E-state index contributed by atoms with van der Waals surface area (Å²) in [4.78, 5) is 33.5. The van der Waals surface area contributed by atoms with E-state index in [0.29, 0.717) is 33.4 Å². The Morgan fingerprint density at radius 2 is 1.87 bits per heavy atom. The number of rotatable bonds is 7. The van der Waals surface area contributed by atoms with Gasteiger partial charge in [0.15, 0.2) is 17.2 Å². The molecule has 2 aromatic heterocycles. The zero-order chi connectivity index (χ0) is 27.0. The van der Waals surface area contributed by atoms with Crippen molar-refractivity contribution in [1.29, 1.82) is 5.26 Å². The van der Waals surface area contributed by atoms with Gasteiger partial charge in [0.2, 0.25) is 0 Å². The fraction of sp³-hybridized carbons (Fsp3) is 0.138. The van der Waals surface area contributed by atoms with Crippen LogP contribution in [0, 0.1) is 18.3 Å². The Kier molecular flexibility index (Phi) is 6.05. The Morgan fingerprint density at radius 3 is 2.64 bits per heavy atom. The molecule has 0 spiro atoms. The molecule has 0 radical (unpaired) electrons. The van der Waals surface area contributed by atoms with Crippen molar-refractivity contribution in [1.82, 2.24) is 9.97 Å². The number of carbonyl (C=O) groups is 2. The Balaban J connectivity index is 1.17. The van der Waals surface area contributed by atoms with Gasteiger partial charge in [-0.15, -0.1) is 0 Å². The third-order valence-electron chi connectivity index (χ3n) is 6.58. The lowest BCUT2D eigenvalue weighted by atomic mass is 9.96. The molecule has 0 bridgehead atoms. The number of hydrogen-bond acceptors (Lipinski definition) is 8. The number of nitrogens with one attached hydrogen (secondary N) is 2. The summed E-state index contributed by atoms with van der Waals surface area (Å²) >= 11 is 1.31. The van der Waals surface area contributed by atoms with Gasteiger partial charge in [-0.05, 0) is 61.2 Å². The molecule has 1 fully saturated rings. The number of thiazole rings is 1. The van der Waals surface area contributed by atoms with Crippen LogP contribution in [-0.2, 0) is 5.41 Å². The van der Waals surface area contributed by atoms with E-state index in [-0.39, 0.29) is 11.6 Å². The van der Waals surface area contributed by atoms with Crippen LogP contribution in [0.2, 0.25) is 0 Å². The Bertz CT molecular complexity index is 1770. The maximum Gasteiger partial charge on any atom is 0.279 e. The second kappa shape index (κ2) is 9.70. The summed E-state index contributed by atoms with van der Waals surface area (Å²) in [6, 6.07) is 20.6. The predicted octanol–water partition coefficient (Wildman–Crippen LogP) is 6.44. The lowest BCUT2D eigenvalue weighted by molar-refractivity contribution is 0.101. The molecular formula is C29H21N5O4S. The van der Waals surface area contributed by atoms with Gasteiger partial charge in [0.05, 0.1) is 21.7 Å². The average molecular weight is 536 g/mol. The largest absolute Gasteiger partial charge is 0.457 e. The molecule has 0 aliphatic heterocycles. The number of benzene rings is 3. The number of carbonyl (C=O) groups excluding carboxylic acids is 2. The first-order valence-corrected chi connectivity index (χ1v) is 13.0. The molecule has 1 aliphatic carbocycles. The molecular weight excluding hydrogens is 514 g/mol. The van der Waals surface area contributed by atoms with E-state index in [1.54, 1.807) is 24.3 Å². The monoisotopic (exact) mass is 535 g/mol. The summed E-state index contributed by atoms with van der Waals surface area (Å²) in [5.41, 5.74) is 3.32. The van der Waals surface area contributed by atoms with E-state index in [4.69, 9.17) is 9.15 Å².